The minimum Gasteiger partial charge on any atom is -0.391 e. The number of nitrogens with two attached hydrogens (primary N) is 1. The highest BCUT2D eigenvalue weighted by Crippen LogP contribution is 2.27. The van der Waals surface area contributed by atoms with Crippen molar-refractivity contribution < 1.29 is 5.11 Å². The van der Waals surface area contributed by atoms with Crippen LogP contribution < -0.4 is 11.3 Å². The van der Waals surface area contributed by atoms with Crippen molar-refractivity contribution in [2.24, 2.45) is 5.84 Å². The average molecular weight is 194 g/mol. The molecule has 1 heterocycles. The second-order valence-electron chi connectivity index (χ2n) is 2.77. The molecule has 0 aliphatic carbocycles. The molecule has 0 spiro atoms. The molecule has 2 rings (SSSR count). The highest BCUT2D eigenvalue weighted by molar-refractivity contribution is 7.19. The summed E-state index contributed by atoms with van der Waals surface area (Å²) in [5.74, 6) is 5.28. The van der Waals surface area contributed by atoms with Gasteiger partial charge in [-0.05, 0) is 29.7 Å². The Labute approximate surface area is 79.8 Å². The summed E-state index contributed by atoms with van der Waals surface area (Å²) in [7, 11) is 0. The van der Waals surface area contributed by atoms with Crippen LogP contribution in [0.15, 0.2) is 24.3 Å². The van der Waals surface area contributed by atoms with E-state index in [1.807, 2.05) is 24.3 Å². The predicted octanol–water partition coefficient (Wildman–Crippen LogP) is 1.68. The summed E-state index contributed by atoms with van der Waals surface area (Å²) in [6.07, 6.45) is 0. The van der Waals surface area contributed by atoms with Crippen LogP contribution in [0.2, 0.25) is 0 Å². The molecule has 0 aliphatic heterocycles. The molecule has 0 radical (unpaired) electrons. The van der Waals surface area contributed by atoms with Gasteiger partial charge in [-0.3, -0.25) is 5.84 Å². The van der Waals surface area contributed by atoms with Crippen molar-refractivity contribution in [2.45, 2.75) is 6.61 Å². The minimum absolute atomic E-state index is 0.102. The SMILES string of the molecule is NNc1ccc2sc(CO)cc2c1. The molecule has 0 amide bonds. The maximum Gasteiger partial charge on any atom is 0.0774 e. The van der Waals surface area contributed by atoms with Crippen LogP contribution in [0.3, 0.4) is 0 Å². The fourth-order valence-corrected chi connectivity index (χ4v) is 2.17. The van der Waals surface area contributed by atoms with Crippen LogP contribution in [0.4, 0.5) is 5.69 Å². The van der Waals surface area contributed by atoms with Gasteiger partial charge in [-0.15, -0.1) is 11.3 Å². The third-order valence-electron chi connectivity index (χ3n) is 1.89. The van der Waals surface area contributed by atoms with Gasteiger partial charge in [-0.25, -0.2) is 0 Å². The van der Waals surface area contributed by atoms with Crippen LogP contribution in [-0.4, -0.2) is 5.11 Å². The number of anilines is 1. The topological polar surface area (TPSA) is 58.3 Å². The number of rotatable bonds is 2. The van der Waals surface area contributed by atoms with E-state index in [2.05, 4.69) is 5.43 Å². The standard InChI is InChI=1S/C9H10N2OS/c10-11-7-1-2-9-6(3-7)4-8(5-12)13-9/h1-4,11-12H,5,10H2. The molecule has 2 aromatic rings. The summed E-state index contributed by atoms with van der Waals surface area (Å²) in [6, 6.07) is 7.85. The Kier molecular flexibility index (Phi) is 2.18. The van der Waals surface area contributed by atoms with E-state index >= 15 is 0 Å². The number of nitrogen functional groups attached to an aromatic ring is 1. The van der Waals surface area contributed by atoms with Gasteiger partial charge in [0.25, 0.3) is 0 Å². The smallest absolute Gasteiger partial charge is 0.0774 e. The van der Waals surface area contributed by atoms with Crippen LogP contribution in [0, 0.1) is 0 Å². The second-order valence-corrected chi connectivity index (χ2v) is 3.94. The number of benzene rings is 1. The fourth-order valence-electron chi connectivity index (χ4n) is 1.27. The first-order chi connectivity index (χ1) is 6.33. The third kappa shape index (κ3) is 1.51. The average Bonchev–Trinajstić information content (AvgIpc) is 2.58. The van der Waals surface area contributed by atoms with E-state index in [0.29, 0.717) is 0 Å². The number of aliphatic hydroxyl groups excluding tert-OH is 1. The Bertz CT molecular complexity index is 422. The van der Waals surface area contributed by atoms with Crippen molar-refractivity contribution in [1.29, 1.82) is 0 Å². The fraction of sp³-hybridized carbons (Fsp3) is 0.111. The number of fused-ring (bicyclic) bond motifs is 1. The van der Waals surface area contributed by atoms with Gasteiger partial charge < -0.3 is 10.5 Å². The Morgan fingerprint density at radius 3 is 2.92 bits per heavy atom. The van der Waals surface area contributed by atoms with Crippen molar-refractivity contribution >= 4 is 27.1 Å². The largest absolute Gasteiger partial charge is 0.391 e. The number of nitrogens with one attached hydrogen (secondary N) is 1. The van der Waals surface area contributed by atoms with Gasteiger partial charge in [0.2, 0.25) is 0 Å². The molecule has 0 saturated carbocycles. The lowest BCUT2D eigenvalue weighted by Crippen LogP contribution is -2.05. The summed E-state index contributed by atoms with van der Waals surface area (Å²) >= 11 is 1.60. The lowest BCUT2D eigenvalue weighted by Gasteiger charge is -1.97. The van der Waals surface area contributed by atoms with E-state index in [0.717, 1.165) is 16.0 Å². The van der Waals surface area contributed by atoms with Crippen molar-refractivity contribution in [1.82, 2.24) is 0 Å². The van der Waals surface area contributed by atoms with Crippen LogP contribution >= 0.6 is 11.3 Å². The van der Waals surface area contributed by atoms with Crippen LogP contribution in [0.5, 0.6) is 0 Å². The number of thiophene rings is 1. The van der Waals surface area contributed by atoms with E-state index in [-0.39, 0.29) is 6.61 Å². The molecular formula is C9H10N2OS. The van der Waals surface area contributed by atoms with Crippen molar-refractivity contribution in [3.8, 4) is 0 Å². The Morgan fingerprint density at radius 2 is 2.23 bits per heavy atom. The van der Waals surface area contributed by atoms with Gasteiger partial charge >= 0.3 is 0 Å². The highest BCUT2D eigenvalue weighted by Gasteiger charge is 2.00. The van der Waals surface area contributed by atoms with Crippen LogP contribution in [0.1, 0.15) is 4.88 Å². The van der Waals surface area contributed by atoms with Gasteiger partial charge in [-0.2, -0.15) is 0 Å². The molecule has 1 aromatic carbocycles. The maximum absolute atomic E-state index is 8.94. The molecule has 13 heavy (non-hydrogen) atoms. The molecule has 0 saturated heterocycles. The third-order valence-corrected chi connectivity index (χ3v) is 2.99. The van der Waals surface area contributed by atoms with Gasteiger partial charge in [0.05, 0.1) is 6.61 Å². The first kappa shape index (κ1) is 8.50. The van der Waals surface area contributed by atoms with Crippen molar-refractivity contribution in [3.05, 3.63) is 29.1 Å². The highest BCUT2D eigenvalue weighted by atomic mass is 32.1. The zero-order valence-corrected chi connectivity index (χ0v) is 7.77. The molecule has 0 bridgehead atoms. The number of hydrogen-bond acceptors (Lipinski definition) is 4. The summed E-state index contributed by atoms with van der Waals surface area (Å²) in [5.41, 5.74) is 3.47. The zero-order chi connectivity index (χ0) is 9.26. The molecule has 0 aliphatic rings. The molecular weight excluding hydrogens is 184 g/mol. The first-order valence-electron chi connectivity index (χ1n) is 3.93. The maximum atomic E-state index is 8.94. The summed E-state index contributed by atoms with van der Waals surface area (Å²) in [4.78, 5) is 0.976. The molecule has 0 unspecified atom stereocenters. The van der Waals surface area contributed by atoms with Gasteiger partial charge in [-0.1, -0.05) is 0 Å². The number of aliphatic hydroxyl groups is 1. The molecule has 1 aromatic heterocycles. The summed E-state index contributed by atoms with van der Waals surface area (Å²) in [6.45, 7) is 0.102. The van der Waals surface area contributed by atoms with E-state index in [4.69, 9.17) is 10.9 Å². The summed E-state index contributed by atoms with van der Waals surface area (Å²) < 4.78 is 1.17. The van der Waals surface area contributed by atoms with Crippen molar-refractivity contribution in [3.63, 3.8) is 0 Å². The minimum atomic E-state index is 0.102. The predicted molar refractivity (Wildman–Crippen MR) is 55.6 cm³/mol. The Morgan fingerprint density at radius 1 is 1.38 bits per heavy atom. The molecule has 68 valence electrons. The quantitative estimate of drug-likeness (QED) is 0.503. The van der Waals surface area contributed by atoms with E-state index in [9.17, 15) is 0 Å². The molecule has 0 atom stereocenters. The van der Waals surface area contributed by atoms with E-state index in [1.54, 1.807) is 11.3 Å². The van der Waals surface area contributed by atoms with E-state index in [1.165, 1.54) is 4.70 Å². The van der Waals surface area contributed by atoms with Gasteiger partial charge in [0.1, 0.15) is 0 Å². The number of hydrogen-bond donors (Lipinski definition) is 3. The van der Waals surface area contributed by atoms with E-state index < -0.39 is 0 Å². The van der Waals surface area contributed by atoms with Gasteiger partial charge in [0.15, 0.2) is 0 Å². The zero-order valence-electron chi connectivity index (χ0n) is 6.95. The summed E-state index contributed by atoms with van der Waals surface area (Å²) in [5, 5.41) is 10.1. The van der Waals surface area contributed by atoms with Crippen LogP contribution in [0.25, 0.3) is 10.1 Å². The lowest BCUT2D eigenvalue weighted by molar-refractivity contribution is 0.285. The Balaban J connectivity index is 2.57. The molecule has 0 fully saturated rings. The number of hydrazine groups is 1. The van der Waals surface area contributed by atoms with Gasteiger partial charge in [0, 0.05) is 15.3 Å². The second kappa shape index (κ2) is 3.33. The van der Waals surface area contributed by atoms with Crippen molar-refractivity contribution in [2.75, 3.05) is 5.43 Å². The monoisotopic (exact) mass is 194 g/mol. The van der Waals surface area contributed by atoms with Crippen LogP contribution in [-0.2, 0) is 6.61 Å². The Hall–Kier alpha value is -1.10. The molecule has 4 N–H and O–H groups in total. The molecule has 3 nitrogen and oxygen atoms in total. The molecule has 4 heteroatoms. The first-order valence-corrected chi connectivity index (χ1v) is 4.75. The normalized spacial score (nSPS) is 10.6. The lowest BCUT2D eigenvalue weighted by atomic mass is 10.2.